The predicted molar refractivity (Wildman–Crippen MR) is 79.4 cm³/mol. The van der Waals surface area contributed by atoms with Gasteiger partial charge in [-0.25, -0.2) is 8.42 Å². The van der Waals surface area contributed by atoms with Crippen molar-refractivity contribution in [3.05, 3.63) is 28.2 Å². The van der Waals surface area contributed by atoms with Gasteiger partial charge in [0, 0.05) is 17.1 Å². The lowest BCUT2D eigenvalue weighted by atomic mass is 10.2. The van der Waals surface area contributed by atoms with Crippen LogP contribution in [0.2, 0.25) is 0 Å². The molecule has 1 aromatic rings. The number of anilines is 1. The lowest BCUT2D eigenvalue weighted by molar-refractivity contribution is 0.582. The number of aryl methyl sites for hydroxylation is 1. The van der Waals surface area contributed by atoms with Crippen LogP contribution >= 0.6 is 15.9 Å². The van der Waals surface area contributed by atoms with Crippen LogP contribution in [0.15, 0.2) is 22.7 Å². The Morgan fingerprint density at radius 3 is 2.61 bits per heavy atom. The van der Waals surface area contributed by atoms with Crippen LogP contribution in [-0.2, 0) is 10.0 Å². The van der Waals surface area contributed by atoms with Gasteiger partial charge >= 0.3 is 0 Å². The molecule has 0 fully saturated rings. The molecule has 18 heavy (non-hydrogen) atoms. The molecule has 0 aliphatic carbocycles. The molecule has 0 aliphatic heterocycles. The minimum Gasteiger partial charge on any atom is -0.313 e. The van der Waals surface area contributed by atoms with E-state index in [-0.39, 0.29) is 11.8 Å². The summed E-state index contributed by atoms with van der Waals surface area (Å²) in [6.45, 7) is 6.33. The van der Waals surface area contributed by atoms with Crippen molar-refractivity contribution in [2.24, 2.45) is 0 Å². The maximum Gasteiger partial charge on any atom is 0.234 e. The highest BCUT2D eigenvalue weighted by atomic mass is 79.9. The van der Waals surface area contributed by atoms with Gasteiger partial charge < -0.3 is 5.32 Å². The van der Waals surface area contributed by atoms with Crippen molar-refractivity contribution in [3.63, 3.8) is 0 Å². The zero-order valence-electron chi connectivity index (χ0n) is 10.8. The Labute approximate surface area is 117 Å². The fourth-order valence-corrected chi connectivity index (χ4v) is 2.89. The van der Waals surface area contributed by atoms with Crippen LogP contribution in [0.5, 0.6) is 0 Å². The minimum absolute atomic E-state index is 0.0611. The molecule has 2 N–H and O–H groups in total. The average Bonchev–Trinajstić information content (AvgIpc) is 2.22. The lowest BCUT2D eigenvalue weighted by Gasteiger charge is -2.12. The van der Waals surface area contributed by atoms with E-state index < -0.39 is 10.0 Å². The molecular weight excluding hydrogens is 316 g/mol. The number of benzene rings is 1. The quantitative estimate of drug-likeness (QED) is 0.840. The lowest BCUT2D eigenvalue weighted by Crippen LogP contribution is -2.31. The number of nitrogens with one attached hydrogen (secondary N) is 2. The summed E-state index contributed by atoms with van der Waals surface area (Å²) in [6.07, 6.45) is 0. The molecule has 102 valence electrons. The van der Waals surface area contributed by atoms with Crippen LogP contribution in [0, 0.1) is 6.92 Å². The standard InChI is InChI=1S/C12H19BrN2O2S/c1-9(2)14-6-7-18(16,17)15-12-8-10(3)4-5-11(12)13/h4-5,8-9,14-15H,6-7H2,1-3H3. The summed E-state index contributed by atoms with van der Waals surface area (Å²) in [6, 6.07) is 5.84. The summed E-state index contributed by atoms with van der Waals surface area (Å²) in [4.78, 5) is 0. The molecule has 0 bridgehead atoms. The Hall–Kier alpha value is -0.590. The van der Waals surface area contributed by atoms with E-state index in [0.717, 1.165) is 10.0 Å². The highest BCUT2D eigenvalue weighted by molar-refractivity contribution is 9.10. The largest absolute Gasteiger partial charge is 0.313 e. The van der Waals surface area contributed by atoms with Gasteiger partial charge in [0.05, 0.1) is 11.4 Å². The van der Waals surface area contributed by atoms with E-state index in [1.54, 1.807) is 6.07 Å². The third-order valence-corrected chi connectivity index (χ3v) is 4.27. The summed E-state index contributed by atoms with van der Waals surface area (Å²) in [5, 5.41) is 3.08. The fourth-order valence-electron chi connectivity index (χ4n) is 1.42. The second-order valence-electron chi connectivity index (χ2n) is 4.51. The third kappa shape index (κ3) is 5.37. The summed E-state index contributed by atoms with van der Waals surface area (Å²) in [5.74, 6) is 0.0611. The Bertz CT molecular complexity index is 501. The Morgan fingerprint density at radius 2 is 2.00 bits per heavy atom. The molecule has 0 heterocycles. The van der Waals surface area contributed by atoms with E-state index in [1.165, 1.54) is 0 Å². The smallest absolute Gasteiger partial charge is 0.234 e. The third-order valence-electron chi connectivity index (χ3n) is 2.31. The molecule has 6 heteroatoms. The Kier molecular flexibility index (Phi) is 5.62. The normalized spacial score (nSPS) is 11.8. The number of hydrogen-bond donors (Lipinski definition) is 2. The van der Waals surface area contributed by atoms with E-state index in [9.17, 15) is 8.42 Å². The highest BCUT2D eigenvalue weighted by Crippen LogP contribution is 2.24. The van der Waals surface area contributed by atoms with Crippen molar-refractivity contribution < 1.29 is 8.42 Å². The van der Waals surface area contributed by atoms with Gasteiger partial charge in [0.15, 0.2) is 0 Å². The molecule has 0 saturated heterocycles. The monoisotopic (exact) mass is 334 g/mol. The molecule has 0 spiro atoms. The van der Waals surface area contributed by atoms with Crippen molar-refractivity contribution in [2.75, 3.05) is 17.0 Å². The van der Waals surface area contributed by atoms with Gasteiger partial charge in [-0.3, -0.25) is 4.72 Å². The molecular formula is C12H19BrN2O2S. The first-order chi connectivity index (χ1) is 8.30. The first kappa shape index (κ1) is 15.5. The van der Waals surface area contributed by atoms with Crippen LogP contribution in [0.3, 0.4) is 0 Å². The molecule has 0 aliphatic rings. The van der Waals surface area contributed by atoms with Crippen LogP contribution in [-0.4, -0.2) is 26.8 Å². The van der Waals surface area contributed by atoms with Crippen LogP contribution in [0.25, 0.3) is 0 Å². The highest BCUT2D eigenvalue weighted by Gasteiger charge is 2.12. The van der Waals surface area contributed by atoms with E-state index >= 15 is 0 Å². The van der Waals surface area contributed by atoms with Gasteiger partial charge in [0.25, 0.3) is 0 Å². The van der Waals surface area contributed by atoms with E-state index in [4.69, 9.17) is 0 Å². The first-order valence-corrected chi connectivity index (χ1v) is 8.25. The molecule has 0 unspecified atom stereocenters. The number of halogens is 1. The van der Waals surface area contributed by atoms with Gasteiger partial charge in [-0.2, -0.15) is 0 Å². The van der Waals surface area contributed by atoms with Crippen molar-refractivity contribution in [1.29, 1.82) is 0 Å². The summed E-state index contributed by atoms with van der Waals surface area (Å²) < 4.78 is 27.1. The van der Waals surface area contributed by atoms with Crippen LogP contribution in [0.1, 0.15) is 19.4 Å². The summed E-state index contributed by atoms with van der Waals surface area (Å²) >= 11 is 3.33. The van der Waals surface area contributed by atoms with Gasteiger partial charge in [-0.15, -0.1) is 0 Å². The number of rotatable bonds is 6. The molecule has 0 saturated carbocycles. The fraction of sp³-hybridized carbons (Fsp3) is 0.500. The Balaban J connectivity index is 2.67. The van der Waals surface area contributed by atoms with Crippen molar-refractivity contribution >= 4 is 31.6 Å². The number of hydrogen-bond acceptors (Lipinski definition) is 3. The molecule has 0 aromatic heterocycles. The molecule has 0 atom stereocenters. The Morgan fingerprint density at radius 1 is 1.33 bits per heavy atom. The average molecular weight is 335 g/mol. The van der Waals surface area contributed by atoms with Crippen molar-refractivity contribution in [2.45, 2.75) is 26.8 Å². The van der Waals surface area contributed by atoms with Gasteiger partial charge in [0.2, 0.25) is 10.0 Å². The maximum atomic E-state index is 11.9. The predicted octanol–water partition coefficient (Wildman–Crippen LogP) is 2.50. The van der Waals surface area contributed by atoms with Gasteiger partial charge in [-0.1, -0.05) is 19.9 Å². The topological polar surface area (TPSA) is 58.2 Å². The van der Waals surface area contributed by atoms with E-state index in [1.807, 2.05) is 32.9 Å². The molecule has 1 rings (SSSR count). The van der Waals surface area contributed by atoms with E-state index in [2.05, 4.69) is 26.0 Å². The summed E-state index contributed by atoms with van der Waals surface area (Å²) in [7, 11) is -3.31. The van der Waals surface area contributed by atoms with Gasteiger partial charge in [-0.05, 0) is 40.5 Å². The minimum atomic E-state index is -3.31. The van der Waals surface area contributed by atoms with Crippen LogP contribution < -0.4 is 10.0 Å². The second kappa shape index (κ2) is 6.54. The van der Waals surface area contributed by atoms with Gasteiger partial charge in [0.1, 0.15) is 0 Å². The molecule has 4 nitrogen and oxygen atoms in total. The zero-order chi connectivity index (χ0) is 13.8. The van der Waals surface area contributed by atoms with Crippen molar-refractivity contribution in [3.8, 4) is 0 Å². The molecule has 1 aromatic carbocycles. The molecule has 0 amide bonds. The van der Waals surface area contributed by atoms with Crippen LogP contribution in [0.4, 0.5) is 5.69 Å². The first-order valence-electron chi connectivity index (χ1n) is 5.80. The summed E-state index contributed by atoms with van der Waals surface area (Å²) in [5.41, 5.74) is 1.59. The number of sulfonamides is 1. The zero-order valence-corrected chi connectivity index (χ0v) is 13.2. The SMILES string of the molecule is Cc1ccc(Br)c(NS(=O)(=O)CCNC(C)C)c1. The van der Waals surface area contributed by atoms with Crippen molar-refractivity contribution in [1.82, 2.24) is 5.32 Å². The second-order valence-corrected chi connectivity index (χ2v) is 7.21. The molecule has 0 radical (unpaired) electrons. The van der Waals surface area contributed by atoms with E-state index in [0.29, 0.717) is 12.2 Å². The maximum absolute atomic E-state index is 11.9.